The van der Waals surface area contributed by atoms with Crippen LogP contribution < -0.4 is 15.8 Å². The molecule has 0 aliphatic heterocycles. The van der Waals surface area contributed by atoms with E-state index in [-0.39, 0.29) is 34.3 Å². The van der Waals surface area contributed by atoms with Crippen LogP contribution in [-0.4, -0.2) is 18.7 Å². The van der Waals surface area contributed by atoms with E-state index in [1.165, 1.54) is 6.07 Å². The molecule has 24 heavy (non-hydrogen) atoms. The number of ether oxygens (including phenoxy) is 2. The van der Waals surface area contributed by atoms with E-state index in [2.05, 4.69) is 10.1 Å². The van der Waals surface area contributed by atoms with Gasteiger partial charge in [0.2, 0.25) is 0 Å². The van der Waals surface area contributed by atoms with Crippen LogP contribution in [0.1, 0.15) is 17.3 Å². The van der Waals surface area contributed by atoms with Crippen molar-refractivity contribution in [3.63, 3.8) is 0 Å². The molecule has 0 aliphatic rings. The molecule has 0 spiro atoms. The average molecular weight is 353 g/mol. The fourth-order valence-corrected chi connectivity index (χ4v) is 2.02. The van der Waals surface area contributed by atoms with Gasteiger partial charge < -0.3 is 20.5 Å². The Labute approximate surface area is 142 Å². The third-order valence-corrected chi connectivity index (χ3v) is 3.23. The van der Waals surface area contributed by atoms with Gasteiger partial charge in [-0.1, -0.05) is 23.7 Å². The first kappa shape index (κ1) is 17.6. The highest BCUT2D eigenvalue weighted by atomic mass is 35.5. The quantitative estimate of drug-likeness (QED) is 0.495. The Morgan fingerprint density at radius 1 is 1.29 bits per heavy atom. The number of hydrogen-bond donors (Lipinski definition) is 2. The maximum atomic E-state index is 14.0. The molecule has 2 rings (SSSR count). The molecule has 0 heterocycles. The fourth-order valence-electron chi connectivity index (χ4n) is 1.83. The van der Waals surface area contributed by atoms with Crippen LogP contribution >= 0.6 is 11.6 Å². The number of hydrogen-bond acceptors (Lipinski definition) is 5. The van der Waals surface area contributed by atoms with E-state index in [1.807, 2.05) is 0 Å². The van der Waals surface area contributed by atoms with Crippen molar-refractivity contribution in [2.45, 2.75) is 6.92 Å². The highest BCUT2D eigenvalue weighted by Crippen LogP contribution is 2.31. The maximum absolute atomic E-state index is 14.0. The molecule has 0 saturated heterocycles. The normalized spacial score (nSPS) is 10.1. The van der Waals surface area contributed by atoms with Crippen LogP contribution in [0.15, 0.2) is 36.4 Å². The summed E-state index contributed by atoms with van der Waals surface area (Å²) in [4.78, 5) is 23.5. The minimum absolute atomic E-state index is 0.106. The molecule has 6 nitrogen and oxygen atoms in total. The van der Waals surface area contributed by atoms with Gasteiger partial charge in [-0.3, -0.25) is 4.79 Å². The largest absolute Gasteiger partial charge is 0.513 e. The van der Waals surface area contributed by atoms with Crippen LogP contribution in [0.4, 0.5) is 20.6 Å². The van der Waals surface area contributed by atoms with Gasteiger partial charge in [0.15, 0.2) is 5.75 Å². The standard InChI is InChI=1S/C16H14ClFN2O4/c1-2-23-16(22)24-14-8-13(11(18)7-10(14)17)20-15(21)9-5-3-4-6-12(9)19/h3-8H,2,19H2,1H3,(H,20,21). The molecule has 3 N–H and O–H groups in total. The number of amides is 1. The van der Waals surface area contributed by atoms with Gasteiger partial charge in [-0.2, -0.15) is 0 Å². The van der Waals surface area contributed by atoms with Gasteiger partial charge in [0.1, 0.15) is 5.82 Å². The Bertz CT molecular complexity index is 783. The van der Waals surface area contributed by atoms with Gasteiger partial charge in [0, 0.05) is 11.8 Å². The second kappa shape index (κ2) is 7.65. The number of nitrogen functional groups attached to an aromatic ring is 1. The van der Waals surface area contributed by atoms with E-state index in [1.54, 1.807) is 25.1 Å². The second-order valence-electron chi connectivity index (χ2n) is 4.59. The van der Waals surface area contributed by atoms with Crippen LogP contribution in [0.3, 0.4) is 0 Å². The Morgan fingerprint density at radius 2 is 2.00 bits per heavy atom. The van der Waals surface area contributed by atoms with E-state index in [0.717, 1.165) is 12.1 Å². The predicted octanol–water partition coefficient (Wildman–Crippen LogP) is 3.85. The summed E-state index contributed by atoms with van der Waals surface area (Å²) in [7, 11) is 0. The molecule has 0 saturated carbocycles. The van der Waals surface area contributed by atoms with Crippen LogP contribution in [0.2, 0.25) is 5.02 Å². The van der Waals surface area contributed by atoms with Crippen molar-refractivity contribution in [2.75, 3.05) is 17.7 Å². The summed E-state index contributed by atoms with van der Waals surface area (Å²) in [5.74, 6) is -1.55. The lowest BCUT2D eigenvalue weighted by Crippen LogP contribution is -2.15. The highest BCUT2D eigenvalue weighted by Gasteiger charge is 2.17. The lowest BCUT2D eigenvalue weighted by atomic mass is 10.1. The van der Waals surface area contributed by atoms with Crippen molar-refractivity contribution in [1.82, 2.24) is 0 Å². The maximum Gasteiger partial charge on any atom is 0.513 e. The first-order valence-electron chi connectivity index (χ1n) is 6.92. The van der Waals surface area contributed by atoms with E-state index >= 15 is 0 Å². The third kappa shape index (κ3) is 4.14. The van der Waals surface area contributed by atoms with E-state index in [0.29, 0.717) is 0 Å². The molecule has 0 radical (unpaired) electrons. The van der Waals surface area contributed by atoms with Crippen LogP contribution in [0.5, 0.6) is 5.75 Å². The van der Waals surface area contributed by atoms with E-state index in [4.69, 9.17) is 22.1 Å². The summed E-state index contributed by atoms with van der Waals surface area (Å²) in [5.41, 5.74) is 5.91. The second-order valence-corrected chi connectivity index (χ2v) is 5.00. The van der Waals surface area contributed by atoms with Gasteiger partial charge in [-0.05, 0) is 25.1 Å². The Morgan fingerprint density at radius 3 is 2.67 bits per heavy atom. The summed E-state index contributed by atoms with van der Waals surface area (Å²) in [6.07, 6.45) is -0.990. The molecule has 0 atom stereocenters. The van der Waals surface area contributed by atoms with Crippen molar-refractivity contribution >= 4 is 35.0 Å². The topological polar surface area (TPSA) is 90.6 Å². The van der Waals surface area contributed by atoms with Gasteiger partial charge in [-0.25, -0.2) is 9.18 Å². The number of nitrogens with one attached hydrogen (secondary N) is 1. The first-order chi connectivity index (χ1) is 11.4. The van der Waals surface area contributed by atoms with Gasteiger partial charge >= 0.3 is 6.16 Å². The SMILES string of the molecule is CCOC(=O)Oc1cc(NC(=O)c2ccccc2N)c(F)cc1Cl. The molecule has 0 aromatic heterocycles. The van der Waals surface area contributed by atoms with Crippen molar-refractivity contribution in [1.29, 1.82) is 0 Å². The summed E-state index contributed by atoms with van der Waals surface area (Å²) >= 11 is 5.82. The zero-order valence-electron chi connectivity index (χ0n) is 12.6. The fraction of sp³-hybridized carbons (Fsp3) is 0.125. The minimum Gasteiger partial charge on any atom is -0.434 e. The zero-order valence-corrected chi connectivity index (χ0v) is 13.4. The van der Waals surface area contributed by atoms with Crippen LogP contribution in [-0.2, 0) is 4.74 Å². The number of para-hydroxylation sites is 1. The molecule has 0 bridgehead atoms. The summed E-state index contributed by atoms with van der Waals surface area (Å²) in [6, 6.07) is 8.34. The smallest absolute Gasteiger partial charge is 0.434 e. The molecule has 0 aliphatic carbocycles. The lowest BCUT2D eigenvalue weighted by molar-refractivity contribution is 0.102. The summed E-state index contributed by atoms with van der Waals surface area (Å²) < 4.78 is 23.5. The highest BCUT2D eigenvalue weighted by molar-refractivity contribution is 6.32. The van der Waals surface area contributed by atoms with Gasteiger partial charge in [0.25, 0.3) is 5.91 Å². The molecule has 1 amide bonds. The average Bonchev–Trinajstić information content (AvgIpc) is 2.52. The summed E-state index contributed by atoms with van der Waals surface area (Å²) in [5, 5.41) is 2.21. The van der Waals surface area contributed by atoms with Crippen molar-refractivity contribution in [3.8, 4) is 5.75 Å². The van der Waals surface area contributed by atoms with Crippen molar-refractivity contribution in [3.05, 3.63) is 52.8 Å². The number of benzene rings is 2. The third-order valence-electron chi connectivity index (χ3n) is 2.93. The molecule has 126 valence electrons. The molecule has 0 unspecified atom stereocenters. The molecular weight excluding hydrogens is 339 g/mol. The van der Waals surface area contributed by atoms with Gasteiger partial charge in [0.05, 0.1) is 22.9 Å². The first-order valence-corrected chi connectivity index (χ1v) is 7.29. The molecule has 8 heteroatoms. The van der Waals surface area contributed by atoms with E-state index < -0.39 is 17.9 Å². The summed E-state index contributed by atoms with van der Waals surface area (Å²) in [6.45, 7) is 1.71. The number of anilines is 2. The molecule has 2 aromatic carbocycles. The van der Waals surface area contributed by atoms with Crippen molar-refractivity contribution < 1.29 is 23.5 Å². The number of rotatable bonds is 4. The predicted molar refractivity (Wildman–Crippen MR) is 87.9 cm³/mol. The number of carbonyl (C=O) groups is 2. The number of halogens is 2. The number of carbonyl (C=O) groups excluding carboxylic acids is 2. The van der Waals surface area contributed by atoms with Gasteiger partial charge in [-0.15, -0.1) is 0 Å². The Balaban J connectivity index is 2.25. The van der Waals surface area contributed by atoms with Crippen LogP contribution in [0, 0.1) is 5.82 Å². The van der Waals surface area contributed by atoms with Crippen molar-refractivity contribution in [2.24, 2.45) is 0 Å². The Kier molecular flexibility index (Phi) is 5.59. The zero-order chi connectivity index (χ0) is 17.7. The van der Waals surface area contributed by atoms with Crippen LogP contribution in [0.25, 0.3) is 0 Å². The molecular formula is C16H14ClFN2O4. The number of nitrogens with two attached hydrogens (primary N) is 1. The van der Waals surface area contributed by atoms with E-state index in [9.17, 15) is 14.0 Å². The minimum atomic E-state index is -0.990. The lowest BCUT2D eigenvalue weighted by Gasteiger charge is -2.11. The Hall–Kier alpha value is -2.80. The molecule has 0 fully saturated rings. The molecule has 2 aromatic rings. The monoisotopic (exact) mass is 352 g/mol.